The zero-order chi connectivity index (χ0) is 18.9. The summed E-state index contributed by atoms with van der Waals surface area (Å²) in [7, 11) is 0. The minimum atomic E-state index is -4.64. The average Bonchev–Trinajstić information content (AvgIpc) is 3.19. The van der Waals surface area contributed by atoms with E-state index in [0.717, 1.165) is 38.2 Å². The Morgan fingerprint density at radius 1 is 0.926 bits per heavy atom. The van der Waals surface area contributed by atoms with E-state index >= 15 is 0 Å². The second kappa shape index (κ2) is 7.43. The molecule has 3 nitrogen and oxygen atoms in total. The van der Waals surface area contributed by atoms with Gasteiger partial charge in [0.05, 0.1) is 0 Å². The van der Waals surface area contributed by atoms with E-state index in [0.29, 0.717) is 17.9 Å². The monoisotopic (exact) mass is 376 g/mol. The van der Waals surface area contributed by atoms with Crippen molar-refractivity contribution in [3.8, 4) is 5.75 Å². The van der Waals surface area contributed by atoms with Crippen molar-refractivity contribution in [3.05, 3.63) is 60.2 Å². The molecule has 0 spiro atoms. The first-order valence-corrected chi connectivity index (χ1v) is 9.34. The quantitative estimate of drug-likeness (QED) is 0.826. The number of benzene rings is 2. The van der Waals surface area contributed by atoms with Crippen LogP contribution in [0.1, 0.15) is 18.4 Å². The Morgan fingerprint density at radius 3 is 2.15 bits per heavy atom. The molecule has 2 fully saturated rings. The van der Waals surface area contributed by atoms with Crippen molar-refractivity contribution in [1.82, 2.24) is 5.32 Å². The van der Waals surface area contributed by atoms with Crippen molar-refractivity contribution in [2.45, 2.75) is 31.8 Å². The molecule has 6 heteroatoms. The van der Waals surface area contributed by atoms with Crippen LogP contribution in [0.2, 0.25) is 0 Å². The van der Waals surface area contributed by atoms with Crippen LogP contribution in [-0.4, -0.2) is 25.5 Å². The molecule has 1 heterocycles. The molecular weight excluding hydrogens is 353 g/mol. The van der Waals surface area contributed by atoms with Gasteiger partial charge >= 0.3 is 6.36 Å². The molecule has 0 radical (unpaired) electrons. The van der Waals surface area contributed by atoms with Crippen molar-refractivity contribution in [3.63, 3.8) is 0 Å². The molecular formula is C21H23F3N2O. The van der Waals surface area contributed by atoms with E-state index in [4.69, 9.17) is 0 Å². The van der Waals surface area contributed by atoms with Crippen molar-refractivity contribution in [2.24, 2.45) is 11.8 Å². The number of anilines is 1. The van der Waals surface area contributed by atoms with E-state index in [9.17, 15) is 13.2 Å². The number of halogens is 3. The maximum absolute atomic E-state index is 12.3. The summed E-state index contributed by atoms with van der Waals surface area (Å²) in [6.07, 6.45) is -2.33. The van der Waals surface area contributed by atoms with E-state index in [-0.39, 0.29) is 5.75 Å². The number of nitrogens with one attached hydrogen (secondary N) is 1. The molecule has 2 atom stereocenters. The van der Waals surface area contributed by atoms with Gasteiger partial charge in [0.25, 0.3) is 0 Å². The molecule has 0 bridgehead atoms. The summed E-state index contributed by atoms with van der Waals surface area (Å²) in [5, 5.41) is 3.67. The fraction of sp³-hybridized carbons (Fsp3) is 0.429. The SMILES string of the molecule is FC(F)(F)Oc1ccc(N2CC3CC(NCc4ccccc4)CC3C2)cc1. The Kier molecular flexibility index (Phi) is 5.00. The van der Waals surface area contributed by atoms with E-state index in [1.54, 1.807) is 12.1 Å². The number of hydrogen-bond donors (Lipinski definition) is 1. The predicted octanol–water partition coefficient (Wildman–Crippen LogP) is 4.59. The highest BCUT2D eigenvalue weighted by molar-refractivity contribution is 5.50. The van der Waals surface area contributed by atoms with Crippen molar-refractivity contribution in [1.29, 1.82) is 0 Å². The van der Waals surface area contributed by atoms with Gasteiger partial charge in [0, 0.05) is 31.4 Å². The van der Waals surface area contributed by atoms with Crippen LogP contribution >= 0.6 is 0 Å². The van der Waals surface area contributed by atoms with Crippen LogP contribution in [0.25, 0.3) is 0 Å². The van der Waals surface area contributed by atoms with Gasteiger partial charge in [0.1, 0.15) is 5.75 Å². The molecule has 27 heavy (non-hydrogen) atoms. The smallest absolute Gasteiger partial charge is 0.406 e. The molecule has 144 valence electrons. The molecule has 1 saturated heterocycles. The fourth-order valence-electron chi connectivity index (χ4n) is 4.39. The Labute approximate surface area is 157 Å². The van der Waals surface area contributed by atoms with Gasteiger partial charge in [0.2, 0.25) is 0 Å². The Balaban J connectivity index is 1.28. The summed E-state index contributed by atoms with van der Waals surface area (Å²) in [6.45, 7) is 2.83. The summed E-state index contributed by atoms with van der Waals surface area (Å²) < 4.78 is 40.7. The van der Waals surface area contributed by atoms with Gasteiger partial charge in [-0.2, -0.15) is 0 Å². The first kappa shape index (κ1) is 18.2. The summed E-state index contributed by atoms with van der Waals surface area (Å²) in [4.78, 5) is 2.28. The molecule has 1 aliphatic carbocycles. The number of alkyl halides is 3. The van der Waals surface area contributed by atoms with Crippen LogP contribution in [0.3, 0.4) is 0 Å². The van der Waals surface area contributed by atoms with Crippen molar-refractivity contribution < 1.29 is 17.9 Å². The van der Waals surface area contributed by atoms with E-state index in [2.05, 4.69) is 39.2 Å². The van der Waals surface area contributed by atoms with Crippen LogP contribution in [-0.2, 0) is 6.54 Å². The van der Waals surface area contributed by atoms with Gasteiger partial charge < -0.3 is 15.0 Å². The summed E-state index contributed by atoms with van der Waals surface area (Å²) in [5.74, 6) is 1.12. The molecule has 4 rings (SSSR count). The minimum absolute atomic E-state index is 0.171. The molecule has 2 aliphatic rings. The normalized spacial score (nSPS) is 24.9. The van der Waals surface area contributed by atoms with E-state index < -0.39 is 6.36 Å². The van der Waals surface area contributed by atoms with E-state index in [1.807, 2.05) is 6.07 Å². The van der Waals surface area contributed by atoms with Gasteiger partial charge in [-0.25, -0.2) is 0 Å². The fourth-order valence-corrected chi connectivity index (χ4v) is 4.39. The first-order valence-electron chi connectivity index (χ1n) is 9.34. The molecule has 1 N–H and O–H groups in total. The number of hydrogen-bond acceptors (Lipinski definition) is 3. The Morgan fingerprint density at radius 2 is 1.56 bits per heavy atom. The molecule has 1 aliphatic heterocycles. The van der Waals surface area contributed by atoms with Crippen LogP contribution < -0.4 is 15.0 Å². The first-order chi connectivity index (χ1) is 13.0. The van der Waals surface area contributed by atoms with Gasteiger partial charge in [0.15, 0.2) is 0 Å². The predicted molar refractivity (Wildman–Crippen MR) is 98.6 cm³/mol. The van der Waals surface area contributed by atoms with Crippen LogP contribution in [0.15, 0.2) is 54.6 Å². The molecule has 2 aromatic carbocycles. The highest BCUT2D eigenvalue weighted by atomic mass is 19.4. The third-order valence-electron chi connectivity index (χ3n) is 5.62. The summed E-state index contributed by atoms with van der Waals surface area (Å²) >= 11 is 0. The van der Waals surface area contributed by atoms with Gasteiger partial charge in [-0.1, -0.05) is 30.3 Å². The minimum Gasteiger partial charge on any atom is -0.406 e. The van der Waals surface area contributed by atoms with Gasteiger partial charge in [-0.3, -0.25) is 0 Å². The van der Waals surface area contributed by atoms with Gasteiger partial charge in [-0.05, 0) is 54.5 Å². The average molecular weight is 376 g/mol. The molecule has 0 aromatic heterocycles. The Bertz CT molecular complexity index is 734. The number of rotatable bonds is 5. The van der Waals surface area contributed by atoms with Crippen LogP contribution in [0, 0.1) is 11.8 Å². The third kappa shape index (κ3) is 4.56. The lowest BCUT2D eigenvalue weighted by Crippen LogP contribution is -2.29. The molecule has 0 amide bonds. The maximum atomic E-state index is 12.3. The zero-order valence-corrected chi connectivity index (χ0v) is 15.0. The second-order valence-electron chi connectivity index (χ2n) is 7.50. The standard InChI is InChI=1S/C21H23F3N2O/c22-21(23,24)27-20-8-6-19(7-9-20)26-13-16-10-18(11-17(16)14-26)25-12-15-4-2-1-3-5-15/h1-9,16-18,25H,10-14H2. The highest BCUT2D eigenvalue weighted by Gasteiger charge is 2.40. The molecule has 1 saturated carbocycles. The highest BCUT2D eigenvalue weighted by Crippen LogP contribution is 2.40. The maximum Gasteiger partial charge on any atom is 0.573 e. The largest absolute Gasteiger partial charge is 0.573 e. The third-order valence-corrected chi connectivity index (χ3v) is 5.62. The van der Waals surface area contributed by atoms with Crippen molar-refractivity contribution >= 4 is 5.69 Å². The lowest BCUT2D eigenvalue weighted by Gasteiger charge is -2.22. The molecule has 2 aromatic rings. The number of fused-ring (bicyclic) bond motifs is 1. The van der Waals surface area contributed by atoms with Crippen LogP contribution in [0.5, 0.6) is 5.75 Å². The number of nitrogens with zero attached hydrogens (tertiary/aromatic N) is 1. The summed E-state index contributed by atoms with van der Waals surface area (Å²) in [6, 6.07) is 17.2. The Hall–Kier alpha value is -2.21. The van der Waals surface area contributed by atoms with E-state index in [1.165, 1.54) is 17.7 Å². The number of ether oxygens (including phenoxy) is 1. The van der Waals surface area contributed by atoms with Crippen molar-refractivity contribution in [2.75, 3.05) is 18.0 Å². The zero-order valence-electron chi connectivity index (χ0n) is 15.0. The second-order valence-corrected chi connectivity index (χ2v) is 7.50. The topological polar surface area (TPSA) is 24.5 Å². The summed E-state index contributed by atoms with van der Waals surface area (Å²) in [5.41, 5.74) is 2.27. The van der Waals surface area contributed by atoms with Gasteiger partial charge in [-0.15, -0.1) is 13.2 Å². The van der Waals surface area contributed by atoms with Crippen LogP contribution in [0.4, 0.5) is 18.9 Å². The lowest BCUT2D eigenvalue weighted by atomic mass is 10.0. The molecule has 2 unspecified atom stereocenters. The lowest BCUT2D eigenvalue weighted by molar-refractivity contribution is -0.274.